The van der Waals surface area contributed by atoms with E-state index in [1.165, 1.54) is 12.4 Å². The molecule has 0 aliphatic carbocycles. The van der Waals surface area contributed by atoms with E-state index < -0.39 is 34.3 Å². The van der Waals surface area contributed by atoms with Crippen molar-refractivity contribution in [1.82, 2.24) is 42.2 Å². The van der Waals surface area contributed by atoms with E-state index in [4.69, 9.17) is 19.7 Å². The lowest BCUT2D eigenvalue weighted by Gasteiger charge is -2.19. The average molecular weight is 1290 g/mol. The van der Waals surface area contributed by atoms with Gasteiger partial charge in [0.1, 0.15) is 17.0 Å². The number of aliphatic hydroxyl groups is 1. The van der Waals surface area contributed by atoms with E-state index >= 15 is 0 Å². The first-order chi connectivity index (χ1) is 42.0. The molecule has 0 spiro atoms. The van der Waals surface area contributed by atoms with Crippen LogP contribution in [-0.2, 0) is 38.2 Å². The second-order valence-electron chi connectivity index (χ2n) is 24.6. The van der Waals surface area contributed by atoms with Crippen LogP contribution in [0.25, 0.3) is 11.0 Å². The first-order valence-corrected chi connectivity index (χ1v) is 32.5. The number of aliphatic hydroxyl groups excluding tert-OH is 1. The number of alkyl halides is 1. The molecule has 1 aromatic carbocycles. The number of nitrogens with zero attached hydrogens (tertiary/aromatic N) is 3. The zero-order valence-corrected chi connectivity index (χ0v) is 56.9. The summed E-state index contributed by atoms with van der Waals surface area (Å²) in [5.41, 5.74) is -0.286. The lowest BCUT2D eigenvalue weighted by molar-refractivity contribution is -0.383. The summed E-state index contributed by atoms with van der Waals surface area (Å²) in [5, 5.41) is 54.8. The van der Waals surface area contributed by atoms with Crippen LogP contribution in [0.1, 0.15) is 212 Å². The fraction of sp³-hybridized carbons (Fsp3) is 0.778. The number of alkyl carbamates (subject to hydrolysis) is 2. The monoisotopic (exact) mass is 1280 g/mol. The minimum Gasteiger partial charge on any atom is -0.481 e. The molecule has 512 valence electrons. The molecule has 0 fully saturated rings. The van der Waals surface area contributed by atoms with Gasteiger partial charge in [-0.05, 0) is 141 Å². The van der Waals surface area contributed by atoms with E-state index in [0.29, 0.717) is 70.8 Å². The minimum atomic E-state index is -0.780. The zero-order valence-electron chi connectivity index (χ0n) is 56.1. The summed E-state index contributed by atoms with van der Waals surface area (Å²) in [4.78, 5) is 106. The second-order valence-corrected chi connectivity index (χ2v) is 24.6. The number of anilines is 1. The van der Waals surface area contributed by atoms with Gasteiger partial charge >= 0.3 is 23.8 Å². The molecule has 89 heavy (non-hydrogen) atoms. The molecule has 0 unspecified atom stereocenters. The number of carbonyl (C=O) groups excluding carboxylic acids is 7. The maximum atomic E-state index is 12.6. The molecule has 6 atom stereocenters. The Morgan fingerprint density at radius 3 is 1.13 bits per heavy atom. The number of hydrogen-bond acceptors (Lipinski definition) is 17. The van der Waals surface area contributed by atoms with Gasteiger partial charge in [0, 0.05) is 101 Å². The minimum absolute atomic E-state index is 0.0205. The molecule has 0 saturated carbocycles. The molecule has 2 aromatic rings. The van der Waals surface area contributed by atoms with Gasteiger partial charge in [-0.15, -0.1) is 11.6 Å². The second kappa shape index (κ2) is 49.4. The van der Waals surface area contributed by atoms with E-state index in [1.807, 2.05) is 76.2 Å². The Balaban J connectivity index is 0. The molecule has 9 N–H and O–H groups in total. The van der Waals surface area contributed by atoms with Crippen molar-refractivity contribution in [2.75, 3.05) is 64.6 Å². The van der Waals surface area contributed by atoms with Gasteiger partial charge in [0.05, 0.1) is 16.5 Å². The first-order valence-electron chi connectivity index (χ1n) is 31.8. The molecule has 25 nitrogen and oxygen atoms in total. The number of carboxylic acids is 1. The third kappa shape index (κ3) is 43.1. The Kier molecular flexibility index (Phi) is 47.0. The number of nitro groups is 1. The number of carboxylic acid groups (broad SMARTS) is 1. The van der Waals surface area contributed by atoms with Gasteiger partial charge in [0.15, 0.2) is 5.52 Å². The van der Waals surface area contributed by atoms with Crippen molar-refractivity contribution in [1.29, 1.82) is 0 Å². The third-order valence-corrected chi connectivity index (χ3v) is 14.2. The van der Waals surface area contributed by atoms with E-state index in [2.05, 4.69) is 63.8 Å². The van der Waals surface area contributed by atoms with Crippen LogP contribution in [0.3, 0.4) is 0 Å². The van der Waals surface area contributed by atoms with Gasteiger partial charge in [-0.1, -0.05) is 80.1 Å². The molecule has 0 saturated heterocycles. The third-order valence-electron chi connectivity index (χ3n) is 14.2. The number of aromatic nitrogens is 2. The van der Waals surface area contributed by atoms with Crippen LogP contribution < -0.4 is 37.2 Å². The highest BCUT2D eigenvalue weighted by Gasteiger charge is 2.22. The number of hydrogen-bond donors (Lipinski definition) is 9. The van der Waals surface area contributed by atoms with Crippen molar-refractivity contribution >= 4 is 81.6 Å². The molecular formula is C63H113ClN10O15. The van der Waals surface area contributed by atoms with Crippen molar-refractivity contribution in [3.63, 3.8) is 0 Å². The molecule has 2 rings (SSSR count). The summed E-state index contributed by atoms with van der Waals surface area (Å²) in [6, 6.07) is 2.90. The number of unbranched alkanes of at least 4 members (excludes halogenated alkanes) is 6. The van der Waals surface area contributed by atoms with Gasteiger partial charge in [-0.3, -0.25) is 38.9 Å². The first kappa shape index (κ1) is 84.7. The van der Waals surface area contributed by atoms with Gasteiger partial charge < -0.3 is 56.9 Å². The number of nitrogens with one attached hydrogen (secondary N) is 7. The number of benzene rings is 1. The summed E-state index contributed by atoms with van der Waals surface area (Å²) in [6.07, 6.45) is 15.8. The highest BCUT2D eigenvalue weighted by Crippen LogP contribution is 2.29. The largest absolute Gasteiger partial charge is 0.481 e. The summed E-state index contributed by atoms with van der Waals surface area (Å²) in [6.45, 7) is 26.0. The quantitative estimate of drug-likeness (QED) is 0.0129. The summed E-state index contributed by atoms with van der Waals surface area (Å²) >= 11 is 4.64. The van der Waals surface area contributed by atoms with Gasteiger partial charge in [0.25, 0.3) is 0 Å². The Morgan fingerprint density at radius 1 is 0.494 bits per heavy atom. The number of non-ortho nitro benzene ring substituents is 1. The van der Waals surface area contributed by atoms with E-state index in [-0.39, 0.29) is 81.6 Å². The number of halogens is 1. The average Bonchev–Trinajstić information content (AvgIpc) is 1.94. The number of nitro benzene ring substituents is 1. The maximum Gasteiger partial charge on any atom is 0.407 e. The van der Waals surface area contributed by atoms with Crippen molar-refractivity contribution in [2.24, 2.45) is 35.5 Å². The summed E-state index contributed by atoms with van der Waals surface area (Å²) < 4.78 is 15.1. The molecule has 0 aliphatic heterocycles. The smallest absolute Gasteiger partial charge is 0.407 e. The predicted molar refractivity (Wildman–Crippen MR) is 347 cm³/mol. The number of aliphatic carboxylic acids is 1. The molecule has 26 heteroatoms. The fourth-order valence-electron chi connectivity index (χ4n) is 8.69. The van der Waals surface area contributed by atoms with Crippen LogP contribution in [0.5, 0.6) is 0 Å². The molecule has 1 heterocycles. The van der Waals surface area contributed by atoms with Crippen LogP contribution in [0, 0.1) is 45.6 Å². The van der Waals surface area contributed by atoms with Gasteiger partial charge in [0.2, 0.25) is 29.1 Å². The van der Waals surface area contributed by atoms with Crippen LogP contribution in [-0.4, -0.2) is 144 Å². The van der Waals surface area contributed by atoms with Crippen LogP contribution in [0.4, 0.5) is 21.0 Å². The standard InChI is InChI=1S/C35H57N7O8.C26H49N3O6.CH3Cl.CH4O/c1-24(29(43)17-13-23-36-27-18-19-28(42(47)48)31-30(27)40-50-41-31)14-7-10-20-37-32(44)25(2)15-8-11-21-38-33(45)26(3)16-9-12-22-39-34(46)49-35(4,5)6;1-19(22(30)28-17-11-9-15-21(3)24(32)33)13-7-10-16-27-23(31)20(2)14-8-12-18-29-25(34)35-26(4,5)6;2*1-2/h18-19,24-26,36H,7-17,20-23H2,1-6H3,(H,37,44)(H,38,45)(H,39,46);19-21H,7-18H2,1-6H3,(H,27,31)(H,28,30)(H,29,34)(H,32,33);1H3;2H,1H3/t24-,25-,26-;19-,20-,21-;;/m00../s1. The maximum absolute atomic E-state index is 12.6. The summed E-state index contributed by atoms with van der Waals surface area (Å²) in [5.74, 6) is -1.31. The number of ether oxygens (including phenoxy) is 2. The topological polar surface area (TPSA) is 362 Å². The fourth-order valence-corrected chi connectivity index (χ4v) is 8.69. The molecule has 0 aliphatic rings. The highest BCUT2D eigenvalue weighted by atomic mass is 35.5. The zero-order chi connectivity index (χ0) is 68.0. The van der Waals surface area contributed by atoms with E-state index in [9.17, 15) is 48.5 Å². The Bertz CT molecular complexity index is 2350. The SMILES string of the molecule is CCl.CO.C[C@@H](CCCCNC(=O)[C@@H](C)CCCCNC(=O)[C@@H](C)CCCCNC(=O)OC(C)(C)C)C(=O)CCCNc1ccc([N+](=O)[O-])c2nonc12.C[C@@H](CCCCNC(=O)[C@@H](C)CCCCNC(=O)[C@@H](C)CCCCNC(=O)OC(C)(C)C)C(=O)O. The number of fused-ring (bicyclic) bond motifs is 1. The van der Waals surface area contributed by atoms with Crippen LogP contribution >= 0.6 is 11.6 Å². The van der Waals surface area contributed by atoms with Gasteiger partial charge in [-0.25, -0.2) is 14.2 Å². The molecule has 0 radical (unpaired) electrons. The molecule has 1 aromatic heterocycles. The van der Waals surface area contributed by atoms with Crippen molar-refractivity contribution in [3.05, 3.63) is 22.2 Å². The molecule has 0 bridgehead atoms. The number of rotatable bonds is 42. The number of ketones is 1. The van der Waals surface area contributed by atoms with E-state index in [0.717, 1.165) is 116 Å². The van der Waals surface area contributed by atoms with Crippen molar-refractivity contribution in [2.45, 2.75) is 223 Å². The van der Waals surface area contributed by atoms with Crippen LogP contribution in [0.2, 0.25) is 0 Å². The van der Waals surface area contributed by atoms with Crippen molar-refractivity contribution < 1.29 is 67.6 Å². The van der Waals surface area contributed by atoms with Crippen LogP contribution in [0.15, 0.2) is 16.8 Å². The normalized spacial score (nSPS) is 13.0. The predicted octanol–water partition coefficient (Wildman–Crippen LogP) is 10.8. The molecule has 6 amide bonds. The lowest BCUT2D eigenvalue weighted by Crippen LogP contribution is -2.33. The molecular weight excluding hydrogens is 1170 g/mol. The lowest BCUT2D eigenvalue weighted by atomic mass is 9.96. The Hall–Kier alpha value is -6.37. The number of Topliss-reactive ketones (excluding diaryl/α,β-unsaturated/α-hetero) is 1. The Morgan fingerprint density at radius 2 is 0.809 bits per heavy atom. The summed E-state index contributed by atoms with van der Waals surface area (Å²) in [7, 11) is 1.00. The van der Waals surface area contributed by atoms with E-state index in [1.54, 1.807) is 13.0 Å². The number of amides is 6. The Labute approximate surface area is 534 Å². The van der Waals surface area contributed by atoms with Crippen molar-refractivity contribution in [3.8, 4) is 0 Å². The van der Waals surface area contributed by atoms with Gasteiger partial charge in [-0.2, -0.15) is 0 Å². The number of carbonyl (C=O) groups is 8. The highest BCUT2D eigenvalue weighted by molar-refractivity contribution is 6.15.